The molecule has 0 bridgehead atoms. The van der Waals surface area contributed by atoms with Gasteiger partial charge in [-0.15, -0.1) is 0 Å². The van der Waals surface area contributed by atoms with Gasteiger partial charge in [0.25, 0.3) is 0 Å². The van der Waals surface area contributed by atoms with Gasteiger partial charge in [-0.25, -0.2) is 0 Å². The molecule has 0 aromatic carbocycles. The topological polar surface area (TPSA) is 214 Å². The van der Waals surface area contributed by atoms with E-state index in [4.69, 9.17) is 26.2 Å². The predicted octanol–water partition coefficient (Wildman–Crippen LogP) is -1.48. The van der Waals surface area contributed by atoms with E-state index < -0.39 is 58.0 Å². The van der Waals surface area contributed by atoms with Crippen molar-refractivity contribution < 1.29 is 62.1 Å². The average Bonchev–Trinajstić information content (AvgIpc) is 2.34. The van der Waals surface area contributed by atoms with Crippen molar-refractivity contribution in [2.75, 3.05) is 13.1 Å². The molecule has 0 amide bonds. The molecule has 0 radical (unpaired) electrons. The minimum atomic E-state index is -3.47. The van der Waals surface area contributed by atoms with Crippen LogP contribution in [0.3, 0.4) is 0 Å². The third-order valence-electron chi connectivity index (χ3n) is 2.05. The second-order valence-corrected chi connectivity index (χ2v) is 9.73. The molecule has 26 heavy (non-hydrogen) atoms. The first kappa shape index (κ1) is 29.5. The van der Waals surface area contributed by atoms with Crippen LogP contribution in [0.25, 0.3) is 0 Å². The van der Waals surface area contributed by atoms with Crippen LogP contribution in [-0.2, 0) is 41.7 Å². The summed E-state index contributed by atoms with van der Waals surface area (Å²) in [5, 5.41) is 31.9. The van der Waals surface area contributed by atoms with Gasteiger partial charge in [0.2, 0.25) is 0 Å². The molecule has 0 aliphatic carbocycles. The molecule has 0 atom stereocenters. The van der Waals surface area contributed by atoms with Crippen LogP contribution in [0.1, 0.15) is 6.92 Å². The van der Waals surface area contributed by atoms with Crippen molar-refractivity contribution in [2.24, 2.45) is 5.73 Å². The number of hydroxylamine groups is 1. The normalized spacial score (nSPS) is 10.4. The second kappa shape index (κ2) is 16.0. The molecular formula is C12H23MnN2NaO10. The summed E-state index contributed by atoms with van der Waals surface area (Å²) in [5.41, 5.74) is 7.42. The number of nitrogens with two attached hydrogens (primary N) is 1. The number of carboxylic acid groups (broad SMARTS) is 4. The molecular weight excluding hydrogens is 410 g/mol. The Bertz CT molecular complexity index is 433. The fraction of sp³-hybridized carbons (Fsp3) is 0.583. The zero-order chi connectivity index (χ0) is 20.0. The molecule has 0 fully saturated rings. The van der Waals surface area contributed by atoms with Gasteiger partial charge in [0.1, 0.15) is 0 Å². The Morgan fingerprint density at radius 3 is 1.35 bits per heavy atom. The van der Waals surface area contributed by atoms with Crippen molar-refractivity contribution in [3.05, 3.63) is 0 Å². The predicted molar refractivity (Wildman–Crippen MR) is 85.7 cm³/mol. The van der Waals surface area contributed by atoms with E-state index in [9.17, 15) is 24.0 Å². The van der Waals surface area contributed by atoms with Gasteiger partial charge in [-0.2, -0.15) is 5.48 Å². The van der Waals surface area contributed by atoms with E-state index in [0.29, 0.717) is 13.1 Å². The third kappa shape index (κ3) is 19.1. The van der Waals surface area contributed by atoms with Gasteiger partial charge in [-0.1, -0.05) is 0 Å². The summed E-state index contributed by atoms with van der Waals surface area (Å²) in [4.78, 5) is 56.8. The molecule has 0 aliphatic rings. The van der Waals surface area contributed by atoms with Gasteiger partial charge in [0, 0.05) is 20.0 Å². The Morgan fingerprint density at radius 1 is 0.846 bits per heavy atom. The van der Waals surface area contributed by atoms with Crippen molar-refractivity contribution in [2.45, 2.75) is 28.2 Å². The van der Waals surface area contributed by atoms with Crippen molar-refractivity contribution >= 4 is 59.4 Å². The van der Waals surface area contributed by atoms with E-state index >= 15 is 0 Å². The number of aliphatic carboxylic acids is 4. The molecule has 0 aromatic rings. The van der Waals surface area contributed by atoms with E-state index in [1.807, 2.05) is 0 Å². The van der Waals surface area contributed by atoms with Crippen LogP contribution in [0.4, 0.5) is 0 Å². The summed E-state index contributed by atoms with van der Waals surface area (Å²) in [7, 11) is 0. The number of carboxylic acids is 4. The summed E-state index contributed by atoms with van der Waals surface area (Å²) < 4.78 is 0. The van der Waals surface area contributed by atoms with Gasteiger partial charge >= 0.3 is 133 Å². The van der Waals surface area contributed by atoms with Crippen molar-refractivity contribution in [3.8, 4) is 0 Å². The van der Waals surface area contributed by atoms with Crippen LogP contribution >= 0.6 is 0 Å². The van der Waals surface area contributed by atoms with Gasteiger partial charge in [-0.05, 0) is 0 Å². The van der Waals surface area contributed by atoms with Crippen molar-refractivity contribution in [3.63, 3.8) is 0 Å². The first-order valence-corrected chi connectivity index (χ1v) is 9.91. The quantitative estimate of drug-likeness (QED) is 0.125. The average molecular weight is 433 g/mol. The van der Waals surface area contributed by atoms with Crippen LogP contribution in [0, 0.1) is 0 Å². The molecule has 0 aliphatic heterocycles. The number of carbonyl (C=O) groups excluding carboxylic acids is 1. The van der Waals surface area contributed by atoms with Crippen molar-refractivity contribution in [1.82, 2.24) is 5.48 Å². The number of nitrogens with one attached hydrogen (secondary N) is 1. The first-order chi connectivity index (χ1) is 11.4. The van der Waals surface area contributed by atoms with E-state index in [2.05, 4.69) is 10.3 Å². The molecule has 0 rings (SSSR count). The molecule has 0 spiro atoms. The van der Waals surface area contributed by atoms with Crippen LogP contribution in [-0.4, -0.2) is 92.9 Å². The summed E-state index contributed by atoms with van der Waals surface area (Å²) in [6.07, 6.45) is 0. The third-order valence-corrected chi connectivity index (χ3v) is 7.02. The molecule has 7 N–H and O–H groups in total. The zero-order valence-electron chi connectivity index (χ0n) is 13.4. The Morgan fingerprint density at radius 2 is 1.15 bits per heavy atom. The maximum atomic E-state index is 10.6. The summed E-state index contributed by atoms with van der Waals surface area (Å²) in [5.74, 6) is -5.84. The van der Waals surface area contributed by atoms with Crippen LogP contribution in [0.2, 0.25) is 21.3 Å². The van der Waals surface area contributed by atoms with Gasteiger partial charge in [-0.3, -0.25) is 4.79 Å². The van der Waals surface area contributed by atoms with E-state index in [1.165, 1.54) is 6.92 Å². The Balaban J connectivity index is -0.000000498. The minimum absolute atomic E-state index is 0. The standard InChI is InChI=1S/C4H10N2O2.4C2H3O2.Mn.Na.H/c1-4(7)8-6-3-2-5;4*1-2(3)4;;;/h6H,2-3,5H2,1H3;4*1H2,(H,3,4);;;. The van der Waals surface area contributed by atoms with Crippen LogP contribution < -0.4 is 11.2 Å². The molecule has 0 saturated heterocycles. The first-order valence-electron chi connectivity index (χ1n) is 6.57. The zero-order valence-corrected chi connectivity index (χ0v) is 14.6. The van der Waals surface area contributed by atoms with E-state index in [-0.39, 0.29) is 35.5 Å². The Labute approximate surface area is 173 Å². The van der Waals surface area contributed by atoms with E-state index in [0.717, 1.165) is 0 Å². The maximum absolute atomic E-state index is 10.6. The molecule has 14 heteroatoms. The number of rotatable bonds is 11. The molecule has 0 saturated carbocycles. The Kier molecular flexibility index (Phi) is 18.2. The summed E-state index contributed by atoms with van der Waals surface area (Å²) in [6, 6.07) is 0. The number of hydrogen-bond acceptors (Lipinski definition) is 8. The monoisotopic (exact) mass is 433 g/mol. The summed E-state index contributed by atoms with van der Waals surface area (Å²) >= 11 is -3.47. The van der Waals surface area contributed by atoms with Crippen molar-refractivity contribution in [1.29, 1.82) is 0 Å². The fourth-order valence-electron chi connectivity index (χ4n) is 1.47. The molecule has 0 unspecified atom stereocenters. The van der Waals surface area contributed by atoms with Gasteiger partial charge in [0.15, 0.2) is 0 Å². The van der Waals surface area contributed by atoms with E-state index in [1.54, 1.807) is 0 Å². The number of carbonyl (C=O) groups is 5. The molecule has 12 nitrogen and oxygen atoms in total. The van der Waals surface area contributed by atoms with Crippen LogP contribution in [0.5, 0.6) is 0 Å². The van der Waals surface area contributed by atoms with Gasteiger partial charge in [0.05, 0.1) is 0 Å². The van der Waals surface area contributed by atoms with Gasteiger partial charge < -0.3 is 10.6 Å². The summed E-state index contributed by atoms with van der Waals surface area (Å²) in [6.45, 7) is 2.29. The fourth-order valence-corrected chi connectivity index (χ4v) is 5.38. The number of hydrogen-bond donors (Lipinski definition) is 6. The molecule has 149 valence electrons. The second-order valence-electron chi connectivity index (χ2n) is 4.52. The Hall–Kier alpha value is -1.21. The molecule has 0 aromatic heterocycles. The van der Waals surface area contributed by atoms with Crippen LogP contribution in [0.15, 0.2) is 0 Å². The molecule has 0 heterocycles. The SMILES string of the molecule is CC(=O)ONCCN.O=C(O)[CH2][Mn]([CH2]C(=O)O)([CH2]C(=O)O)[CH2]C(=O)O.[NaH].